The van der Waals surface area contributed by atoms with Crippen molar-refractivity contribution in [3.05, 3.63) is 28.2 Å². The van der Waals surface area contributed by atoms with Crippen LogP contribution in [0.2, 0.25) is 0 Å². The molecule has 0 bridgehead atoms. The molecule has 1 aliphatic carbocycles. The minimum Gasteiger partial charge on any atom is -0.496 e. The highest BCUT2D eigenvalue weighted by Crippen LogP contribution is 2.26. The highest BCUT2D eigenvalue weighted by atomic mass is 79.9. The fourth-order valence-electron chi connectivity index (χ4n) is 2.15. The van der Waals surface area contributed by atoms with Gasteiger partial charge in [-0.2, -0.15) is 0 Å². The second kappa shape index (κ2) is 5.54. The van der Waals surface area contributed by atoms with Crippen LogP contribution >= 0.6 is 15.9 Å². The van der Waals surface area contributed by atoms with Crippen molar-refractivity contribution in [2.24, 2.45) is 0 Å². The van der Waals surface area contributed by atoms with E-state index in [1.165, 1.54) is 12.8 Å². The summed E-state index contributed by atoms with van der Waals surface area (Å²) in [5.41, 5.74) is 0.671. The molecule has 1 aromatic rings. The lowest BCUT2D eigenvalue weighted by Crippen LogP contribution is -2.32. The van der Waals surface area contributed by atoms with Crippen molar-refractivity contribution in [2.75, 3.05) is 7.11 Å². The van der Waals surface area contributed by atoms with Crippen molar-refractivity contribution >= 4 is 21.8 Å². The van der Waals surface area contributed by atoms with E-state index >= 15 is 0 Å². The van der Waals surface area contributed by atoms with Crippen LogP contribution in [0.15, 0.2) is 22.7 Å². The van der Waals surface area contributed by atoms with Crippen molar-refractivity contribution in [1.29, 1.82) is 0 Å². The normalized spacial score (nSPS) is 15.9. The van der Waals surface area contributed by atoms with Crippen molar-refractivity contribution in [2.45, 2.75) is 31.7 Å². The Morgan fingerprint density at radius 2 is 2.12 bits per heavy atom. The zero-order valence-electron chi connectivity index (χ0n) is 9.83. The molecule has 17 heavy (non-hydrogen) atoms. The van der Waals surface area contributed by atoms with E-state index in [0.29, 0.717) is 11.6 Å². The smallest absolute Gasteiger partial charge is 0.251 e. The number of carbonyl (C=O) groups excluding carboxylic acids is 1. The Hall–Kier alpha value is -1.03. The summed E-state index contributed by atoms with van der Waals surface area (Å²) in [6.45, 7) is 0. The number of hydrogen-bond donors (Lipinski definition) is 1. The van der Waals surface area contributed by atoms with E-state index in [2.05, 4.69) is 21.2 Å². The molecule has 0 aromatic heterocycles. The van der Waals surface area contributed by atoms with E-state index in [1.807, 2.05) is 0 Å². The van der Waals surface area contributed by atoms with E-state index in [1.54, 1.807) is 25.3 Å². The van der Waals surface area contributed by atoms with Gasteiger partial charge < -0.3 is 10.1 Å². The number of halogens is 1. The monoisotopic (exact) mass is 297 g/mol. The number of benzene rings is 1. The third-order valence-corrected chi connectivity index (χ3v) is 3.72. The molecule has 3 nitrogen and oxygen atoms in total. The number of nitrogens with one attached hydrogen (secondary N) is 1. The summed E-state index contributed by atoms with van der Waals surface area (Å²) in [5.74, 6) is 0.739. The molecule has 1 N–H and O–H groups in total. The number of ether oxygens (including phenoxy) is 1. The minimum absolute atomic E-state index is 0.000234. The van der Waals surface area contributed by atoms with Gasteiger partial charge in [0, 0.05) is 11.6 Å². The molecule has 1 saturated carbocycles. The van der Waals surface area contributed by atoms with Crippen LogP contribution in [0.3, 0.4) is 0 Å². The molecule has 1 aromatic carbocycles. The van der Waals surface area contributed by atoms with E-state index in [4.69, 9.17) is 4.74 Å². The summed E-state index contributed by atoms with van der Waals surface area (Å²) in [7, 11) is 1.61. The summed E-state index contributed by atoms with van der Waals surface area (Å²) < 4.78 is 5.94. The topological polar surface area (TPSA) is 38.3 Å². The maximum atomic E-state index is 12.0. The first kappa shape index (κ1) is 12.4. The molecule has 1 aliphatic rings. The second-order valence-corrected chi connectivity index (χ2v) is 5.16. The van der Waals surface area contributed by atoms with Gasteiger partial charge in [-0.3, -0.25) is 4.79 Å². The summed E-state index contributed by atoms with van der Waals surface area (Å²) in [6, 6.07) is 5.73. The van der Waals surface area contributed by atoms with Crippen LogP contribution in [-0.4, -0.2) is 19.1 Å². The number of carbonyl (C=O) groups is 1. The summed E-state index contributed by atoms with van der Waals surface area (Å²) in [6.07, 6.45) is 4.64. The molecule has 0 spiro atoms. The molecule has 0 unspecified atom stereocenters. The SMILES string of the molecule is COc1ccc(C(=O)NC2CCCC2)cc1Br. The highest BCUT2D eigenvalue weighted by molar-refractivity contribution is 9.10. The van der Waals surface area contributed by atoms with Crippen LogP contribution in [0.1, 0.15) is 36.0 Å². The zero-order chi connectivity index (χ0) is 12.3. The maximum Gasteiger partial charge on any atom is 0.251 e. The molecular formula is C13H16BrNO2. The van der Waals surface area contributed by atoms with E-state index in [-0.39, 0.29) is 5.91 Å². The third kappa shape index (κ3) is 3.00. The lowest BCUT2D eigenvalue weighted by Gasteiger charge is -2.12. The molecule has 1 amide bonds. The maximum absolute atomic E-state index is 12.0. The van der Waals surface area contributed by atoms with E-state index in [0.717, 1.165) is 23.1 Å². The zero-order valence-corrected chi connectivity index (χ0v) is 11.4. The van der Waals surface area contributed by atoms with Crippen LogP contribution < -0.4 is 10.1 Å². The minimum atomic E-state index is 0.000234. The summed E-state index contributed by atoms with van der Waals surface area (Å²) in [5, 5.41) is 3.06. The largest absolute Gasteiger partial charge is 0.496 e. The average Bonchev–Trinajstić information content (AvgIpc) is 2.81. The van der Waals surface area contributed by atoms with Gasteiger partial charge in [0.2, 0.25) is 0 Å². The van der Waals surface area contributed by atoms with Gasteiger partial charge >= 0.3 is 0 Å². The molecule has 0 saturated heterocycles. The van der Waals surface area contributed by atoms with Crippen molar-refractivity contribution in [3.63, 3.8) is 0 Å². The van der Waals surface area contributed by atoms with Crippen LogP contribution in [0, 0.1) is 0 Å². The fraction of sp³-hybridized carbons (Fsp3) is 0.462. The Bertz CT molecular complexity index is 414. The number of amides is 1. The van der Waals surface area contributed by atoms with Gasteiger partial charge in [0.05, 0.1) is 11.6 Å². The van der Waals surface area contributed by atoms with Crippen LogP contribution in [0.25, 0.3) is 0 Å². The number of methoxy groups -OCH3 is 1. The molecule has 2 rings (SSSR count). The molecule has 92 valence electrons. The molecule has 0 atom stereocenters. The van der Waals surface area contributed by atoms with Gasteiger partial charge in [-0.25, -0.2) is 0 Å². The van der Waals surface area contributed by atoms with E-state index in [9.17, 15) is 4.79 Å². The van der Waals surface area contributed by atoms with Crippen molar-refractivity contribution in [3.8, 4) is 5.75 Å². The Morgan fingerprint density at radius 3 is 2.71 bits per heavy atom. The standard InChI is InChI=1S/C13H16BrNO2/c1-17-12-7-6-9(8-11(12)14)13(16)15-10-4-2-3-5-10/h6-8,10H,2-5H2,1H3,(H,15,16). The lowest BCUT2D eigenvalue weighted by atomic mass is 10.1. The Labute approximate surface area is 110 Å². The van der Waals surface area contributed by atoms with Gasteiger partial charge in [-0.05, 0) is 47.0 Å². The Kier molecular flexibility index (Phi) is 4.05. The first-order valence-corrected chi connectivity index (χ1v) is 6.64. The van der Waals surface area contributed by atoms with Gasteiger partial charge in [0.25, 0.3) is 5.91 Å². The van der Waals surface area contributed by atoms with Gasteiger partial charge in [0.1, 0.15) is 5.75 Å². The highest BCUT2D eigenvalue weighted by Gasteiger charge is 2.18. The van der Waals surface area contributed by atoms with Gasteiger partial charge in [0.15, 0.2) is 0 Å². The quantitative estimate of drug-likeness (QED) is 0.931. The molecule has 0 heterocycles. The lowest BCUT2D eigenvalue weighted by molar-refractivity contribution is 0.0938. The van der Waals surface area contributed by atoms with Crippen molar-refractivity contribution in [1.82, 2.24) is 5.32 Å². The Balaban J connectivity index is 2.05. The van der Waals surface area contributed by atoms with Gasteiger partial charge in [-0.15, -0.1) is 0 Å². The number of rotatable bonds is 3. The second-order valence-electron chi connectivity index (χ2n) is 4.30. The summed E-state index contributed by atoms with van der Waals surface area (Å²) >= 11 is 3.38. The average molecular weight is 298 g/mol. The molecule has 1 fully saturated rings. The molecule has 0 aliphatic heterocycles. The van der Waals surface area contributed by atoms with Crippen LogP contribution in [0.5, 0.6) is 5.75 Å². The van der Waals surface area contributed by atoms with Gasteiger partial charge in [-0.1, -0.05) is 12.8 Å². The third-order valence-electron chi connectivity index (χ3n) is 3.10. The first-order valence-electron chi connectivity index (χ1n) is 5.85. The molecule has 0 radical (unpaired) electrons. The fourth-order valence-corrected chi connectivity index (χ4v) is 2.69. The predicted octanol–water partition coefficient (Wildman–Crippen LogP) is 3.13. The Morgan fingerprint density at radius 1 is 1.41 bits per heavy atom. The van der Waals surface area contributed by atoms with Crippen LogP contribution in [0.4, 0.5) is 0 Å². The predicted molar refractivity (Wildman–Crippen MR) is 70.4 cm³/mol. The van der Waals surface area contributed by atoms with Crippen molar-refractivity contribution < 1.29 is 9.53 Å². The van der Waals surface area contributed by atoms with E-state index < -0.39 is 0 Å². The summed E-state index contributed by atoms with van der Waals surface area (Å²) in [4.78, 5) is 12.0. The number of hydrogen-bond acceptors (Lipinski definition) is 2. The molecule has 4 heteroatoms. The molecular weight excluding hydrogens is 282 g/mol. The first-order chi connectivity index (χ1) is 8.20. The van der Waals surface area contributed by atoms with Crippen LogP contribution in [-0.2, 0) is 0 Å².